The molecule has 0 saturated heterocycles. The first-order valence-corrected chi connectivity index (χ1v) is 5.89. The van der Waals surface area contributed by atoms with E-state index in [0.29, 0.717) is 0 Å². The van der Waals surface area contributed by atoms with Gasteiger partial charge in [0.1, 0.15) is 11.5 Å². The average Bonchev–Trinajstić information content (AvgIpc) is 2.29. The molecule has 0 unspecified atom stereocenters. The molecule has 0 saturated carbocycles. The smallest absolute Gasteiger partial charge is 0.129 e. The van der Waals surface area contributed by atoms with Crippen LogP contribution in [0.5, 0.6) is 11.5 Å². The molecule has 3 heteroatoms. The first-order chi connectivity index (χ1) is 7.33. The van der Waals surface area contributed by atoms with Gasteiger partial charge in [0.25, 0.3) is 0 Å². The van der Waals surface area contributed by atoms with Crippen molar-refractivity contribution in [2.75, 3.05) is 19.5 Å². The maximum Gasteiger partial charge on any atom is 0.129 e. The van der Waals surface area contributed by atoms with Crippen LogP contribution in [0.25, 0.3) is 6.08 Å². The van der Waals surface area contributed by atoms with E-state index in [1.165, 1.54) is 0 Å². The van der Waals surface area contributed by atoms with Gasteiger partial charge in [0.05, 0.1) is 19.8 Å². The molecular weight excluding hydrogens is 256 g/mol. The number of rotatable bonds is 5. The van der Waals surface area contributed by atoms with Crippen LogP contribution < -0.4 is 9.47 Å². The second kappa shape index (κ2) is 6.51. The van der Waals surface area contributed by atoms with Crippen LogP contribution in [-0.4, -0.2) is 19.5 Å². The van der Waals surface area contributed by atoms with Gasteiger partial charge in [-0.2, -0.15) is 0 Å². The Labute approximate surface area is 99.0 Å². The van der Waals surface area contributed by atoms with E-state index >= 15 is 0 Å². The highest BCUT2D eigenvalue weighted by Crippen LogP contribution is 2.29. The summed E-state index contributed by atoms with van der Waals surface area (Å²) in [6.45, 7) is 0. The lowest BCUT2D eigenvalue weighted by Gasteiger charge is -2.09. The molecule has 0 spiro atoms. The number of hydrogen-bond acceptors (Lipinski definition) is 2. The fourth-order valence-electron chi connectivity index (χ4n) is 1.31. The van der Waals surface area contributed by atoms with Gasteiger partial charge < -0.3 is 9.47 Å². The van der Waals surface area contributed by atoms with Gasteiger partial charge in [-0.3, -0.25) is 0 Å². The number of methoxy groups -OCH3 is 2. The second-order valence-electron chi connectivity index (χ2n) is 2.96. The minimum Gasteiger partial charge on any atom is -0.496 e. The lowest BCUT2D eigenvalue weighted by molar-refractivity contribution is 0.392. The van der Waals surface area contributed by atoms with Crippen LogP contribution in [0.15, 0.2) is 24.3 Å². The van der Waals surface area contributed by atoms with Gasteiger partial charge in [0.15, 0.2) is 0 Å². The van der Waals surface area contributed by atoms with Gasteiger partial charge in [-0.25, -0.2) is 0 Å². The third-order valence-electron chi connectivity index (χ3n) is 2.03. The zero-order valence-electron chi connectivity index (χ0n) is 9.00. The fraction of sp³-hybridized carbons (Fsp3) is 0.333. The quantitative estimate of drug-likeness (QED) is 0.763. The van der Waals surface area contributed by atoms with E-state index < -0.39 is 0 Å². The van der Waals surface area contributed by atoms with Gasteiger partial charge in [-0.1, -0.05) is 34.1 Å². The Bertz CT molecular complexity index is 312. The molecule has 0 aromatic heterocycles. The van der Waals surface area contributed by atoms with Crippen molar-refractivity contribution < 1.29 is 9.47 Å². The Morgan fingerprint density at radius 1 is 1.20 bits per heavy atom. The number of alkyl halides is 1. The van der Waals surface area contributed by atoms with Gasteiger partial charge >= 0.3 is 0 Å². The van der Waals surface area contributed by atoms with E-state index in [2.05, 4.69) is 22.0 Å². The summed E-state index contributed by atoms with van der Waals surface area (Å²) in [7, 11) is 3.33. The van der Waals surface area contributed by atoms with Crippen LogP contribution >= 0.6 is 15.9 Å². The molecule has 0 heterocycles. The Morgan fingerprint density at radius 3 is 2.27 bits per heavy atom. The zero-order valence-corrected chi connectivity index (χ0v) is 10.6. The zero-order chi connectivity index (χ0) is 11.1. The van der Waals surface area contributed by atoms with Crippen LogP contribution in [0.4, 0.5) is 0 Å². The van der Waals surface area contributed by atoms with Crippen molar-refractivity contribution in [2.45, 2.75) is 6.42 Å². The summed E-state index contributed by atoms with van der Waals surface area (Å²) < 4.78 is 10.6. The Kier molecular flexibility index (Phi) is 5.26. The van der Waals surface area contributed by atoms with E-state index in [-0.39, 0.29) is 0 Å². The highest BCUT2D eigenvalue weighted by molar-refractivity contribution is 9.09. The monoisotopic (exact) mass is 270 g/mol. The SMILES string of the molecule is COc1cccc(OC)c1/C=C/CCBr. The van der Waals surface area contributed by atoms with E-state index in [1.54, 1.807) is 14.2 Å². The van der Waals surface area contributed by atoms with E-state index in [1.807, 2.05) is 24.3 Å². The highest BCUT2D eigenvalue weighted by Gasteiger charge is 2.05. The maximum absolute atomic E-state index is 5.28. The predicted octanol–water partition coefficient (Wildman–Crippen LogP) is 3.50. The topological polar surface area (TPSA) is 18.5 Å². The minimum atomic E-state index is 0.833. The Morgan fingerprint density at radius 2 is 1.80 bits per heavy atom. The van der Waals surface area contributed by atoms with Crippen molar-refractivity contribution in [1.82, 2.24) is 0 Å². The molecular formula is C12H15BrO2. The summed E-state index contributed by atoms with van der Waals surface area (Å²) in [6.07, 6.45) is 5.11. The molecule has 0 radical (unpaired) electrons. The lowest BCUT2D eigenvalue weighted by atomic mass is 10.1. The molecule has 0 N–H and O–H groups in total. The number of hydrogen-bond donors (Lipinski definition) is 0. The summed E-state index contributed by atoms with van der Waals surface area (Å²) in [5.74, 6) is 1.67. The summed E-state index contributed by atoms with van der Waals surface area (Å²) >= 11 is 3.38. The summed E-state index contributed by atoms with van der Waals surface area (Å²) in [5, 5.41) is 0.959. The predicted molar refractivity (Wildman–Crippen MR) is 67.0 cm³/mol. The number of allylic oxidation sites excluding steroid dienone is 1. The first-order valence-electron chi connectivity index (χ1n) is 4.77. The Balaban J connectivity index is 2.99. The molecule has 0 atom stereocenters. The van der Waals surface area contributed by atoms with E-state index in [4.69, 9.17) is 9.47 Å². The highest BCUT2D eigenvalue weighted by atomic mass is 79.9. The summed E-state index contributed by atoms with van der Waals surface area (Å²) in [5.41, 5.74) is 0.989. The molecule has 15 heavy (non-hydrogen) atoms. The van der Waals surface area contributed by atoms with Crippen LogP contribution in [0.1, 0.15) is 12.0 Å². The second-order valence-corrected chi connectivity index (χ2v) is 3.75. The number of ether oxygens (including phenoxy) is 2. The van der Waals surface area contributed by atoms with Crippen molar-refractivity contribution in [2.24, 2.45) is 0 Å². The van der Waals surface area contributed by atoms with Gasteiger partial charge in [0.2, 0.25) is 0 Å². The van der Waals surface area contributed by atoms with Crippen molar-refractivity contribution in [1.29, 1.82) is 0 Å². The maximum atomic E-state index is 5.28. The third kappa shape index (κ3) is 3.27. The standard InChI is InChI=1S/C12H15BrO2/c1-14-11-7-5-8-12(15-2)10(11)6-3-4-9-13/h3,5-8H,4,9H2,1-2H3/b6-3+. The molecule has 0 aliphatic heterocycles. The molecule has 0 amide bonds. The van der Waals surface area contributed by atoms with Gasteiger partial charge in [-0.15, -0.1) is 0 Å². The molecule has 1 aromatic rings. The average molecular weight is 271 g/mol. The first kappa shape index (κ1) is 12.1. The molecule has 0 bridgehead atoms. The molecule has 1 rings (SSSR count). The molecule has 1 aromatic carbocycles. The normalized spacial score (nSPS) is 10.6. The summed E-state index contributed by atoms with van der Waals surface area (Å²) in [4.78, 5) is 0. The van der Waals surface area contributed by atoms with Crippen molar-refractivity contribution >= 4 is 22.0 Å². The summed E-state index contributed by atoms with van der Waals surface area (Å²) in [6, 6.07) is 5.77. The molecule has 2 nitrogen and oxygen atoms in total. The molecule has 0 aliphatic carbocycles. The number of halogens is 1. The Hall–Kier alpha value is -0.960. The van der Waals surface area contributed by atoms with Crippen molar-refractivity contribution in [3.8, 4) is 11.5 Å². The van der Waals surface area contributed by atoms with Gasteiger partial charge in [-0.05, 0) is 18.6 Å². The molecule has 0 aliphatic rings. The minimum absolute atomic E-state index is 0.833. The largest absolute Gasteiger partial charge is 0.496 e. The van der Waals surface area contributed by atoms with Gasteiger partial charge in [0, 0.05) is 5.33 Å². The lowest BCUT2D eigenvalue weighted by Crippen LogP contribution is -1.91. The van der Waals surface area contributed by atoms with Crippen LogP contribution in [0, 0.1) is 0 Å². The van der Waals surface area contributed by atoms with Crippen LogP contribution in [0.3, 0.4) is 0 Å². The van der Waals surface area contributed by atoms with E-state index in [9.17, 15) is 0 Å². The van der Waals surface area contributed by atoms with Crippen molar-refractivity contribution in [3.63, 3.8) is 0 Å². The molecule has 82 valence electrons. The van der Waals surface area contributed by atoms with Crippen molar-refractivity contribution in [3.05, 3.63) is 29.8 Å². The van der Waals surface area contributed by atoms with Crippen LogP contribution in [0.2, 0.25) is 0 Å². The fourth-order valence-corrected chi connectivity index (χ4v) is 1.57. The van der Waals surface area contributed by atoms with E-state index in [0.717, 1.165) is 28.8 Å². The molecule has 0 fully saturated rings. The third-order valence-corrected chi connectivity index (χ3v) is 2.48. The van der Waals surface area contributed by atoms with Crippen LogP contribution in [-0.2, 0) is 0 Å². The number of benzene rings is 1.